The van der Waals surface area contributed by atoms with Gasteiger partial charge in [0.2, 0.25) is 5.91 Å². The van der Waals surface area contributed by atoms with E-state index in [0.29, 0.717) is 12.5 Å². The number of hydrogen-bond donors (Lipinski definition) is 1. The quantitative estimate of drug-likeness (QED) is 0.919. The number of rotatable bonds is 4. The summed E-state index contributed by atoms with van der Waals surface area (Å²) in [7, 11) is 1.96. The van der Waals surface area contributed by atoms with Gasteiger partial charge in [0.1, 0.15) is 0 Å². The molecule has 1 heterocycles. The van der Waals surface area contributed by atoms with E-state index in [1.165, 1.54) is 5.56 Å². The van der Waals surface area contributed by atoms with Gasteiger partial charge in [0.15, 0.2) is 0 Å². The Balaban J connectivity index is 1.82. The van der Waals surface area contributed by atoms with Crippen LogP contribution in [0, 0.1) is 0 Å². The summed E-state index contributed by atoms with van der Waals surface area (Å²) in [6.07, 6.45) is 3.63. The first kappa shape index (κ1) is 14.4. The van der Waals surface area contributed by atoms with Crippen LogP contribution in [0.25, 0.3) is 0 Å². The van der Waals surface area contributed by atoms with Crippen molar-refractivity contribution in [2.24, 2.45) is 0 Å². The third-order valence-electron chi connectivity index (χ3n) is 3.72. The summed E-state index contributed by atoms with van der Waals surface area (Å²) >= 11 is 5.85. The topological polar surface area (TPSA) is 32.3 Å². The fraction of sp³-hybridized carbons (Fsp3) is 0.533. The van der Waals surface area contributed by atoms with Gasteiger partial charge in [-0.3, -0.25) is 4.79 Å². The van der Waals surface area contributed by atoms with Gasteiger partial charge in [-0.1, -0.05) is 23.7 Å². The molecule has 0 saturated carbocycles. The van der Waals surface area contributed by atoms with E-state index in [1.54, 1.807) is 0 Å². The highest BCUT2D eigenvalue weighted by Gasteiger charge is 2.21. The molecule has 0 aliphatic carbocycles. The first-order chi connectivity index (χ1) is 9.19. The molecule has 0 spiro atoms. The minimum Gasteiger partial charge on any atom is -0.341 e. The number of nitrogens with one attached hydrogen (secondary N) is 1. The number of likely N-dealkylation sites (tertiary alicyclic amines) is 1. The summed E-state index contributed by atoms with van der Waals surface area (Å²) in [4.78, 5) is 14.2. The average molecular weight is 281 g/mol. The number of carbonyl (C=O) groups excluding carboxylic acids is 1. The number of halogens is 1. The molecule has 1 aromatic carbocycles. The fourth-order valence-corrected chi connectivity index (χ4v) is 2.63. The predicted molar refractivity (Wildman–Crippen MR) is 78.4 cm³/mol. The number of carbonyl (C=O) groups is 1. The Bertz CT molecular complexity index is 419. The molecule has 19 heavy (non-hydrogen) atoms. The van der Waals surface area contributed by atoms with Crippen molar-refractivity contribution < 1.29 is 4.79 Å². The molecule has 1 fully saturated rings. The second-order valence-corrected chi connectivity index (χ2v) is 5.53. The Kier molecular flexibility index (Phi) is 5.23. The second kappa shape index (κ2) is 6.92. The normalized spacial score (nSPS) is 19.5. The molecule has 104 valence electrons. The minimum atomic E-state index is 0.259. The van der Waals surface area contributed by atoms with Crippen LogP contribution in [0.5, 0.6) is 0 Å². The van der Waals surface area contributed by atoms with Crippen LogP contribution in [0.4, 0.5) is 0 Å². The van der Waals surface area contributed by atoms with Crippen LogP contribution in [0.2, 0.25) is 5.02 Å². The van der Waals surface area contributed by atoms with E-state index in [0.717, 1.165) is 37.4 Å². The van der Waals surface area contributed by atoms with Gasteiger partial charge in [0.25, 0.3) is 0 Å². The molecule has 1 aliphatic heterocycles. The van der Waals surface area contributed by atoms with E-state index in [1.807, 2.05) is 36.2 Å². The Morgan fingerprint density at radius 2 is 2.16 bits per heavy atom. The average Bonchev–Trinajstić information content (AvgIpc) is 2.46. The smallest absolute Gasteiger partial charge is 0.222 e. The summed E-state index contributed by atoms with van der Waals surface area (Å²) < 4.78 is 0. The standard InChI is InChI=1S/C15H21ClN2O/c1-17-14-3-2-10-18(11-14)15(19)9-6-12-4-7-13(16)8-5-12/h4-5,7-8,14,17H,2-3,6,9-11H2,1H3. The summed E-state index contributed by atoms with van der Waals surface area (Å²) in [5, 5.41) is 4.00. The number of nitrogens with zero attached hydrogens (tertiary/aromatic N) is 1. The molecule has 1 unspecified atom stereocenters. The number of hydrogen-bond acceptors (Lipinski definition) is 2. The number of amides is 1. The third-order valence-corrected chi connectivity index (χ3v) is 3.98. The van der Waals surface area contributed by atoms with Gasteiger partial charge in [0, 0.05) is 30.6 Å². The molecule has 1 aliphatic rings. The molecule has 1 N–H and O–H groups in total. The van der Waals surface area contributed by atoms with Crippen molar-refractivity contribution >= 4 is 17.5 Å². The van der Waals surface area contributed by atoms with E-state index >= 15 is 0 Å². The van der Waals surface area contributed by atoms with Gasteiger partial charge < -0.3 is 10.2 Å². The number of aryl methyl sites for hydroxylation is 1. The van der Waals surface area contributed by atoms with Gasteiger partial charge in [0.05, 0.1) is 0 Å². The van der Waals surface area contributed by atoms with Gasteiger partial charge in [-0.15, -0.1) is 0 Å². The molecular weight excluding hydrogens is 260 g/mol. The van der Waals surface area contributed by atoms with Gasteiger partial charge in [-0.25, -0.2) is 0 Å². The zero-order valence-electron chi connectivity index (χ0n) is 11.4. The summed E-state index contributed by atoms with van der Waals surface area (Å²) in [5.74, 6) is 0.259. The second-order valence-electron chi connectivity index (χ2n) is 5.09. The zero-order valence-corrected chi connectivity index (χ0v) is 12.1. The molecule has 0 radical (unpaired) electrons. The van der Waals surface area contributed by atoms with E-state index < -0.39 is 0 Å². The van der Waals surface area contributed by atoms with Crippen LogP contribution in [-0.4, -0.2) is 37.0 Å². The molecule has 0 aromatic heterocycles. The monoisotopic (exact) mass is 280 g/mol. The Morgan fingerprint density at radius 1 is 1.42 bits per heavy atom. The third kappa shape index (κ3) is 4.22. The molecule has 3 nitrogen and oxygen atoms in total. The maximum absolute atomic E-state index is 12.2. The highest BCUT2D eigenvalue weighted by Crippen LogP contribution is 2.14. The lowest BCUT2D eigenvalue weighted by molar-refractivity contribution is -0.132. The molecule has 4 heteroatoms. The summed E-state index contributed by atoms with van der Waals surface area (Å²) in [6.45, 7) is 1.74. The van der Waals surface area contributed by atoms with E-state index in [2.05, 4.69) is 5.32 Å². The molecule has 2 rings (SSSR count). The predicted octanol–water partition coefficient (Wildman–Crippen LogP) is 2.48. The molecule has 1 atom stereocenters. The van der Waals surface area contributed by atoms with Crippen molar-refractivity contribution in [3.05, 3.63) is 34.9 Å². The van der Waals surface area contributed by atoms with Crippen molar-refractivity contribution in [1.29, 1.82) is 0 Å². The SMILES string of the molecule is CNC1CCCN(C(=O)CCc2ccc(Cl)cc2)C1. The van der Waals surface area contributed by atoms with Crippen LogP contribution in [0.1, 0.15) is 24.8 Å². The van der Waals surface area contributed by atoms with Gasteiger partial charge >= 0.3 is 0 Å². The van der Waals surface area contributed by atoms with E-state index in [-0.39, 0.29) is 5.91 Å². The minimum absolute atomic E-state index is 0.259. The molecule has 1 amide bonds. The lowest BCUT2D eigenvalue weighted by atomic mass is 10.0. The van der Waals surface area contributed by atoms with Crippen LogP contribution < -0.4 is 5.32 Å². The first-order valence-corrected chi connectivity index (χ1v) is 7.26. The van der Waals surface area contributed by atoms with E-state index in [4.69, 9.17) is 11.6 Å². The maximum Gasteiger partial charge on any atom is 0.222 e. The van der Waals surface area contributed by atoms with E-state index in [9.17, 15) is 4.79 Å². The highest BCUT2D eigenvalue weighted by molar-refractivity contribution is 6.30. The van der Waals surface area contributed by atoms with Crippen molar-refractivity contribution in [2.45, 2.75) is 31.7 Å². The number of piperidine rings is 1. The largest absolute Gasteiger partial charge is 0.341 e. The Hall–Kier alpha value is -1.06. The van der Waals surface area contributed by atoms with Crippen LogP contribution in [0.15, 0.2) is 24.3 Å². The first-order valence-electron chi connectivity index (χ1n) is 6.88. The van der Waals surface area contributed by atoms with Crippen molar-refractivity contribution in [1.82, 2.24) is 10.2 Å². The summed E-state index contributed by atoms with van der Waals surface area (Å²) in [5.41, 5.74) is 1.17. The lowest BCUT2D eigenvalue weighted by Gasteiger charge is -2.32. The van der Waals surface area contributed by atoms with Gasteiger partial charge in [-0.05, 0) is 44.0 Å². The highest BCUT2D eigenvalue weighted by atomic mass is 35.5. The fourth-order valence-electron chi connectivity index (χ4n) is 2.50. The van der Waals surface area contributed by atoms with Crippen LogP contribution in [-0.2, 0) is 11.2 Å². The number of benzene rings is 1. The van der Waals surface area contributed by atoms with Gasteiger partial charge in [-0.2, -0.15) is 0 Å². The maximum atomic E-state index is 12.2. The summed E-state index contributed by atoms with van der Waals surface area (Å²) in [6, 6.07) is 8.18. The van der Waals surface area contributed by atoms with Crippen molar-refractivity contribution in [2.75, 3.05) is 20.1 Å². The molecule has 0 bridgehead atoms. The lowest BCUT2D eigenvalue weighted by Crippen LogP contribution is -2.47. The van der Waals surface area contributed by atoms with Crippen LogP contribution in [0.3, 0.4) is 0 Å². The van der Waals surface area contributed by atoms with Crippen molar-refractivity contribution in [3.8, 4) is 0 Å². The Morgan fingerprint density at radius 3 is 2.84 bits per heavy atom. The van der Waals surface area contributed by atoms with Crippen LogP contribution >= 0.6 is 11.6 Å². The zero-order chi connectivity index (χ0) is 13.7. The number of likely N-dealkylation sites (N-methyl/N-ethyl adjacent to an activating group) is 1. The Labute approximate surface area is 119 Å². The molecule has 1 aromatic rings. The van der Waals surface area contributed by atoms with Crippen molar-refractivity contribution in [3.63, 3.8) is 0 Å². The molecule has 1 saturated heterocycles. The molecular formula is C15H21ClN2O.